The number of rotatable bonds is 3. The molecule has 5 N–H and O–H groups in total. The van der Waals surface area contributed by atoms with E-state index in [1.165, 1.54) is 6.42 Å². The number of allylic oxidation sites excluding steroid dienone is 1. The van der Waals surface area contributed by atoms with Crippen LogP contribution in [0.5, 0.6) is 5.75 Å². The van der Waals surface area contributed by atoms with Crippen LogP contribution in [-0.4, -0.2) is 6.03 Å². The van der Waals surface area contributed by atoms with Gasteiger partial charge in [0.05, 0.1) is 5.02 Å². The van der Waals surface area contributed by atoms with Gasteiger partial charge in [0.15, 0.2) is 0 Å². The highest BCUT2D eigenvalue weighted by Crippen LogP contribution is 2.26. The van der Waals surface area contributed by atoms with Gasteiger partial charge in [-0.25, -0.2) is 4.79 Å². The Hall–Kier alpha value is -2.50. The molecule has 0 radical (unpaired) electrons. The van der Waals surface area contributed by atoms with Crippen molar-refractivity contribution in [2.45, 2.75) is 34.1 Å². The highest BCUT2D eigenvalue weighted by molar-refractivity contribution is 6.32. The molecule has 0 saturated carbocycles. The van der Waals surface area contributed by atoms with E-state index in [0.29, 0.717) is 16.5 Å². The van der Waals surface area contributed by atoms with Gasteiger partial charge in [-0.2, -0.15) is 5.90 Å². The molecule has 0 bridgehead atoms. The fraction of sp³-hybridized carbons (Fsp3) is 0.250. The number of carbonyl (C=O) groups is 1. The number of anilines is 2. The first-order valence-corrected chi connectivity index (χ1v) is 8.72. The van der Waals surface area contributed by atoms with Crippen LogP contribution in [0.4, 0.5) is 16.2 Å². The molecule has 0 aliphatic rings. The number of carbonyl (C=O) groups excluding carboxylic acids is 1. The van der Waals surface area contributed by atoms with Gasteiger partial charge in [0, 0.05) is 17.4 Å². The lowest BCUT2D eigenvalue weighted by Crippen LogP contribution is -2.53. The van der Waals surface area contributed by atoms with Crippen molar-refractivity contribution in [3.63, 3.8) is 0 Å². The van der Waals surface area contributed by atoms with Crippen molar-refractivity contribution in [1.29, 1.82) is 0 Å². The molecular formula is C20H29ClN3O2+. The summed E-state index contributed by atoms with van der Waals surface area (Å²) < 4.78 is 0. The molecule has 26 heavy (non-hydrogen) atoms. The Labute approximate surface area is 161 Å². The van der Waals surface area contributed by atoms with E-state index >= 15 is 0 Å². The molecule has 0 unspecified atom stereocenters. The summed E-state index contributed by atoms with van der Waals surface area (Å²) in [5, 5.41) is 5.86. The van der Waals surface area contributed by atoms with Crippen LogP contribution in [0.1, 0.15) is 32.8 Å². The van der Waals surface area contributed by atoms with E-state index in [2.05, 4.69) is 37.0 Å². The third-order valence-corrected chi connectivity index (χ3v) is 2.97. The summed E-state index contributed by atoms with van der Waals surface area (Å²) in [6, 6.07) is 12.1. The van der Waals surface area contributed by atoms with Crippen molar-refractivity contribution in [2.24, 2.45) is 0 Å². The molecule has 142 valence electrons. The maximum Gasteiger partial charge on any atom is 0.323 e. The summed E-state index contributed by atoms with van der Waals surface area (Å²) >= 11 is 5.88. The maximum atomic E-state index is 11.8. The van der Waals surface area contributed by atoms with E-state index in [-0.39, 0.29) is 6.03 Å². The Kier molecular flexibility index (Phi) is 12.4. The first kappa shape index (κ1) is 23.5. The van der Waals surface area contributed by atoms with E-state index < -0.39 is 0 Å². The van der Waals surface area contributed by atoms with Gasteiger partial charge in [-0.1, -0.05) is 55.6 Å². The number of hydrogen-bond donors (Lipinski definition) is 3. The molecular weight excluding hydrogens is 350 g/mol. The standard InChI is InChI=1S/C14H14ClN3O2.C3H8.C3H6/c1-9-2-4-10(5-3-9)17-14(19)18-11-6-7-12(15)13(8-11)20-16;2*1-3-2/h2-8H,1,16H3,(H-,17,18,19);3H2,1-2H3;3H,1H2,2H3/p+1. The first-order chi connectivity index (χ1) is 12.4. The Balaban J connectivity index is 0.000000918. The summed E-state index contributed by atoms with van der Waals surface area (Å²) in [6.45, 7) is 11.5. The maximum absolute atomic E-state index is 11.8. The van der Waals surface area contributed by atoms with E-state index in [0.717, 1.165) is 11.3 Å². The summed E-state index contributed by atoms with van der Waals surface area (Å²) in [6.07, 6.45) is 3.00. The van der Waals surface area contributed by atoms with Crippen LogP contribution >= 0.6 is 11.6 Å². The number of urea groups is 1. The van der Waals surface area contributed by atoms with Gasteiger partial charge in [0.2, 0.25) is 5.75 Å². The van der Waals surface area contributed by atoms with Gasteiger partial charge in [-0.05, 0) is 38.1 Å². The van der Waals surface area contributed by atoms with Gasteiger partial charge >= 0.3 is 6.03 Å². The monoisotopic (exact) mass is 378 g/mol. The third-order valence-electron chi connectivity index (χ3n) is 2.65. The van der Waals surface area contributed by atoms with Crippen LogP contribution in [0.15, 0.2) is 55.1 Å². The predicted molar refractivity (Wildman–Crippen MR) is 111 cm³/mol. The molecule has 5 nitrogen and oxygen atoms in total. The molecule has 0 fully saturated rings. The van der Waals surface area contributed by atoms with Crippen LogP contribution in [0.25, 0.3) is 0 Å². The number of aryl methyl sites for hydroxylation is 1. The van der Waals surface area contributed by atoms with E-state index in [1.54, 1.807) is 24.3 Å². The van der Waals surface area contributed by atoms with Crippen LogP contribution < -0.4 is 21.4 Å². The Morgan fingerprint density at radius 2 is 1.62 bits per heavy atom. The molecule has 2 aromatic rings. The number of quaternary nitrogens is 1. The molecule has 0 aliphatic carbocycles. The fourth-order valence-corrected chi connectivity index (χ4v) is 1.79. The zero-order chi connectivity index (χ0) is 19.9. The Bertz CT molecular complexity index is 673. The van der Waals surface area contributed by atoms with Crippen LogP contribution in [0, 0.1) is 6.92 Å². The second-order valence-electron chi connectivity index (χ2n) is 5.35. The average Bonchev–Trinajstić information content (AvgIpc) is 2.60. The highest BCUT2D eigenvalue weighted by Gasteiger charge is 2.07. The van der Waals surface area contributed by atoms with E-state index in [4.69, 9.17) is 16.4 Å². The molecule has 2 rings (SSSR count). The summed E-state index contributed by atoms with van der Waals surface area (Å²) in [5.41, 5.74) is 2.42. The minimum Gasteiger partial charge on any atom is -0.319 e. The molecule has 0 saturated heterocycles. The summed E-state index contributed by atoms with van der Waals surface area (Å²) in [7, 11) is 0. The second kappa shape index (κ2) is 13.8. The lowest BCUT2D eigenvalue weighted by Gasteiger charge is -2.09. The molecule has 0 aliphatic heterocycles. The molecule has 2 aromatic carbocycles. The highest BCUT2D eigenvalue weighted by atomic mass is 35.5. The first-order valence-electron chi connectivity index (χ1n) is 8.35. The zero-order valence-electron chi connectivity index (χ0n) is 15.9. The summed E-state index contributed by atoms with van der Waals surface area (Å²) in [5.74, 6) is 3.70. The van der Waals surface area contributed by atoms with Crippen molar-refractivity contribution < 1.29 is 15.5 Å². The number of halogens is 1. The van der Waals surface area contributed by atoms with Gasteiger partial charge in [0.25, 0.3) is 0 Å². The van der Waals surface area contributed by atoms with Crippen molar-refractivity contribution in [3.8, 4) is 5.75 Å². The predicted octanol–water partition coefficient (Wildman–Crippen LogP) is 5.44. The molecule has 0 spiro atoms. The molecule has 0 atom stereocenters. The molecule has 0 aromatic heterocycles. The molecule has 2 amide bonds. The zero-order valence-corrected chi connectivity index (χ0v) is 16.7. The average molecular weight is 379 g/mol. The largest absolute Gasteiger partial charge is 0.323 e. The third kappa shape index (κ3) is 9.71. The van der Waals surface area contributed by atoms with Crippen LogP contribution in [0.3, 0.4) is 0 Å². The smallest absolute Gasteiger partial charge is 0.319 e. The lowest BCUT2D eigenvalue weighted by molar-refractivity contribution is -0.635. The van der Waals surface area contributed by atoms with Crippen LogP contribution in [-0.2, 0) is 0 Å². The van der Waals surface area contributed by atoms with E-state index in [9.17, 15) is 4.79 Å². The minimum absolute atomic E-state index is 0.341. The van der Waals surface area contributed by atoms with Crippen molar-refractivity contribution in [3.05, 3.63) is 65.7 Å². The second-order valence-corrected chi connectivity index (χ2v) is 5.76. The van der Waals surface area contributed by atoms with Crippen molar-refractivity contribution >= 4 is 29.0 Å². The number of amides is 2. The number of benzene rings is 2. The minimum atomic E-state index is -0.341. The van der Waals surface area contributed by atoms with Crippen molar-refractivity contribution in [2.75, 3.05) is 10.6 Å². The normalized spacial score (nSPS) is 8.85. The summed E-state index contributed by atoms with van der Waals surface area (Å²) in [4.78, 5) is 16.7. The van der Waals surface area contributed by atoms with Gasteiger partial charge in [-0.15, -0.1) is 6.58 Å². The SMILES string of the molecule is C=CC.CCC.Cc1ccc(NC(=O)Nc2ccc(Cl)c(O[NH3+])c2)cc1. The lowest BCUT2D eigenvalue weighted by atomic mass is 10.2. The number of hydrogen-bond acceptors (Lipinski definition) is 2. The van der Waals surface area contributed by atoms with Gasteiger partial charge < -0.3 is 15.5 Å². The topological polar surface area (TPSA) is 78.0 Å². The van der Waals surface area contributed by atoms with Gasteiger partial charge in [-0.3, -0.25) is 0 Å². The Morgan fingerprint density at radius 1 is 1.15 bits per heavy atom. The Morgan fingerprint density at radius 3 is 2.12 bits per heavy atom. The molecule has 6 heteroatoms. The van der Waals surface area contributed by atoms with E-state index in [1.807, 2.05) is 38.1 Å². The quantitative estimate of drug-likeness (QED) is 0.491. The van der Waals surface area contributed by atoms with Crippen molar-refractivity contribution in [1.82, 2.24) is 0 Å². The number of nitrogens with one attached hydrogen (secondary N) is 2. The molecule has 0 heterocycles. The van der Waals surface area contributed by atoms with Crippen LogP contribution in [0.2, 0.25) is 5.02 Å². The fourth-order valence-electron chi connectivity index (χ4n) is 1.62. The van der Waals surface area contributed by atoms with Gasteiger partial charge in [0.1, 0.15) is 0 Å².